The van der Waals surface area contributed by atoms with Crippen molar-refractivity contribution in [3.63, 3.8) is 0 Å². The number of ether oxygens (including phenoxy) is 1. The Kier molecular flexibility index (Phi) is 5.81. The number of rotatable bonds is 7. The molecule has 0 unspecified atom stereocenters. The van der Waals surface area contributed by atoms with Crippen molar-refractivity contribution in [3.05, 3.63) is 0 Å². The summed E-state index contributed by atoms with van der Waals surface area (Å²) in [5, 5.41) is 3.49. The number of nitrogens with one attached hydrogen (secondary N) is 1. The highest BCUT2D eigenvalue weighted by atomic mass is 16.5. The molecule has 1 rings (SSSR count). The summed E-state index contributed by atoms with van der Waals surface area (Å²) >= 11 is 0. The number of hydrogen-bond donors (Lipinski definition) is 1. The quantitative estimate of drug-likeness (QED) is 0.536. The molecule has 3 heteroatoms. The van der Waals surface area contributed by atoms with E-state index in [1.807, 2.05) is 6.92 Å². The van der Waals surface area contributed by atoms with Crippen LogP contribution in [-0.4, -0.2) is 25.2 Å². The largest absolute Gasteiger partial charge is 0.466 e. The van der Waals surface area contributed by atoms with Crippen LogP contribution in [0.5, 0.6) is 0 Å². The van der Waals surface area contributed by atoms with Crippen molar-refractivity contribution in [2.24, 2.45) is 11.8 Å². The lowest BCUT2D eigenvalue weighted by Gasteiger charge is -2.38. The second kappa shape index (κ2) is 6.89. The molecule has 0 saturated heterocycles. The number of esters is 1. The zero-order valence-corrected chi connectivity index (χ0v) is 10.8. The van der Waals surface area contributed by atoms with Crippen LogP contribution in [0.25, 0.3) is 0 Å². The minimum atomic E-state index is -0.0713. The minimum absolute atomic E-state index is 0.0713. The first kappa shape index (κ1) is 13.5. The fourth-order valence-corrected chi connectivity index (χ4v) is 2.14. The van der Waals surface area contributed by atoms with E-state index in [4.69, 9.17) is 4.74 Å². The molecule has 0 bridgehead atoms. The first-order chi connectivity index (χ1) is 7.63. The Morgan fingerprint density at radius 3 is 2.69 bits per heavy atom. The van der Waals surface area contributed by atoms with E-state index >= 15 is 0 Å². The van der Waals surface area contributed by atoms with Crippen LogP contribution in [-0.2, 0) is 9.53 Å². The van der Waals surface area contributed by atoms with Gasteiger partial charge in [-0.2, -0.15) is 0 Å². The SMILES string of the molecule is CCOC(=O)CCCNC1CC(C(C)C)C1. The summed E-state index contributed by atoms with van der Waals surface area (Å²) < 4.78 is 4.87. The van der Waals surface area contributed by atoms with Crippen molar-refractivity contribution in [1.82, 2.24) is 5.32 Å². The molecular formula is C13H25NO2. The lowest BCUT2D eigenvalue weighted by Crippen LogP contribution is -2.43. The molecule has 1 aliphatic carbocycles. The molecule has 0 radical (unpaired) electrons. The summed E-state index contributed by atoms with van der Waals surface area (Å²) in [7, 11) is 0. The molecule has 1 aliphatic rings. The fraction of sp³-hybridized carbons (Fsp3) is 0.923. The Bertz CT molecular complexity index is 210. The highest BCUT2D eigenvalue weighted by Gasteiger charge is 2.30. The molecule has 1 N–H and O–H groups in total. The first-order valence-electron chi connectivity index (χ1n) is 6.52. The van der Waals surface area contributed by atoms with Crippen molar-refractivity contribution >= 4 is 5.97 Å². The van der Waals surface area contributed by atoms with Gasteiger partial charge in [0.2, 0.25) is 0 Å². The van der Waals surface area contributed by atoms with Crippen molar-refractivity contribution in [2.45, 2.75) is 52.5 Å². The van der Waals surface area contributed by atoms with Gasteiger partial charge in [0.25, 0.3) is 0 Å². The predicted octanol–water partition coefficient (Wildman–Crippen LogP) is 2.35. The summed E-state index contributed by atoms with van der Waals surface area (Å²) in [6.07, 6.45) is 4.04. The van der Waals surface area contributed by atoms with Crippen molar-refractivity contribution in [2.75, 3.05) is 13.2 Å². The minimum Gasteiger partial charge on any atom is -0.466 e. The summed E-state index contributed by atoms with van der Waals surface area (Å²) in [5.74, 6) is 1.65. The van der Waals surface area contributed by atoms with E-state index < -0.39 is 0 Å². The average molecular weight is 227 g/mol. The van der Waals surface area contributed by atoms with E-state index in [9.17, 15) is 4.79 Å². The molecule has 3 nitrogen and oxygen atoms in total. The first-order valence-corrected chi connectivity index (χ1v) is 6.52. The third-order valence-corrected chi connectivity index (χ3v) is 3.41. The number of hydrogen-bond acceptors (Lipinski definition) is 3. The Labute approximate surface area is 98.9 Å². The van der Waals surface area contributed by atoms with Gasteiger partial charge in [-0.3, -0.25) is 4.79 Å². The summed E-state index contributed by atoms with van der Waals surface area (Å²) in [6, 6.07) is 0.689. The predicted molar refractivity (Wildman–Crippen MR) is 65.2 cm³/mol. The lowest BCUT2D eigenvalue weighted by molar-refractivity contribution is -0.143. The zero-order chi connectivity index (χ0) is 12.0. The van der Waals surface area contributed by atoms with Gasteiger partial charge >= 0.3 is 5.97 Å². The van der Waals surface area contributed by atoms with Crippen LogP contribution in [0.3, 0.4) is 0 Å². The zero-order valence-electron chi connectivity index (χ0n) is 10.8. The summed E-state index contributed by atoms with van der Waals surface area (Å²) in [6.45, 7) is 7.86. The van der Waals surface area contributed by atoms with Gasteiger partial charge in [-0.1, -0.05) is 13.8 Å². The third-order valence-electron chi connectivity index (χ3n) is 3.41. The van der Waals surface area contributed by atoms with E-state index in [0.29, 0.717) is 19.1 Å². The van der Waals surface area contributed by atoms with E-state index in [0.717, 1.165) is 24.8 Å². The molecule has 16 heavy (non-hydrogen) atoms. The molecule has 1 saturated carbocycles. The van der Waals surface area contributed by atoms with Crippen LogP contribution >= 0.6 is 0 Å². The molecule has 0 heterocycles. The molecule has 1 fully saturated rings. The lowest BCUT2D eigenvalue weighted by atomic mass is 9.74. The van der Waals surface area contributed by atoms with Gasteiger partial charge in [-0.25, -0.2) is 0 Å². The summed E-state index contributed by atoms with van der Waals surface area (Å²) in [4.78, 5) is 11.1. The maximum Gasteiger partial charge on any atom is 0.305 e. The van der Waals surface area contributed by atoms with Crippen LogP contribution in [0, 0.1) is 11.8 Å². The molecule has 94 valence electrons. The van der Waals surface area contributed by atoms with E-state index in [1.54, 1.807) is 0 Å². The highest BCUT2D eigenvalue weighted by molar-refractivity contribution is 5.69. The van der Waals surface area contributed by atoms with Crippen molar-refractivity contribution in [1.29, 1.82) is 0 Å². The van der Waals surface area contributed by atoms with Crippen LogP contribution in [0.2, 0.25) is 0 Å². The maximum absolute atomic E-state index is 11.1. The topological polar surface area (TPSA) is 38.3 Å². The molecule has 0 aromatic rings. The van der Waals surface area contributed by atoms with Gasteiger partial charge < -0.3 is 10.1 Å². The standard InChI is InChI=1S/C13H25NO2/c1-4-16-13(15)6-5-7-14-12-8-11(9-12)10(2)3/h10-12,14H,4-9H2,1-3H3. The number of carbonyl (C=O) groups is 1. The highest BCUT2D eigenvalue weighted by Crippen LogP contribution is 2.33. The molecule has 0 aromatic heterocycles. The normalized spacial score (nSPS) is 24.2. The second-order valence-electron chi connectivity index (χ2n) is 5.04. The smallest absolute Gasteiger partial charge is 0.305 e. The van der Waals surface area contributed by atoms with Gasteiger partial charge in [0.15, 0.2) is 0 Å². The Morgan fingerprint density at radius 1 is 1.44 bits per heavy atom. The summed E-state index contributed by atoms with van der Waals surface area (Å²) in [5.41, 5.74) is 0. The second-order valence-corrected chi connectivity index (χ2v) is 5.04. The van der Waals surface area contributed by atoms with Gasteiger partial charge in [0, 0.05) is 12.5 Å². The molecular weight excluding hydrogens is 202 g/mol. The fourth-order valence-electron chi connectivity index (χ4n) is 2.14. The average Bonchev–Trinajstić information content (AvgIpc) is 2.14. The monoisotopic (exact) mass is 227 g/mol. The number of carbonyl (C=O) groups excluding carboxylic acids is 1. The van der Waals surface area contributed by atoms with Gasteiger partial charge in [0.05, 0.1) is 6.61 Å². The third kappa shape index (κ3) is 4.52. The molecule has 0 aromatic carbocycles. The molecule has 0 atom stereocenters. The van der Waals surface area contributed by atoms with Crippen molar-refractivity contribution in [3.8, 4) is 0 Å². The van der Waals surface area contributed by atoms with Crippen LogP contribution in [0.15, 0.2) is 0 Å². The van der Waals surface area contributed by atoms with E-state index in [1.165, 1.54) is 12.8 Å². The van der Waals surface area contributed by atoms with Crippen molar-refractivity contribution < 1.29 is 9.53 Å². The molecule has 0 amide bonds. The Morgan fingerprint density at radius 2 is 2.12 bits per heavy atom. The van der Waals surface area contributed by atoms with Crippen LogP contribution < -0.4 is 5.32 Å². The molecule has 0 aliphatic heterocycles. The Balaban J connectivity index is 1.92. The Hall–Kier alpha value is -0.570. The van der Waals surface area contributed by atoms with E-state index in [-0.39, 0.29) is 5.97 Å². The molecule has 0 spiro atoms. The van der Waals surface area contributed by atoms with Gasteiger partial charge in [-0.15, -0.1) is 0 Å². The van der Waals surface area contributed by atoms with E-state index in [2.05, 4.69) is 19.2 Å². The van der Waals surface area contributed by atoms with Crippen LogP contribution in [0.1, 0.15) is 46.5 Å². The van der Waals surface area contributed by atoms with Gasteiger partial charge in [-0.05, 0) is 44.6 Å². The maximum atomic E-state index is 11.1. The van der Waals surface area contributed by atoms with Gasteiger partial charge in [0.1, 0.15) is 0 Å². The van der Waals surface area contributed by atoms with Crippen LogP contribution in [0.4, 0.5) is 0 Å².